The molecule has 1 aromatic carbocycles. The Labute approximate surface area is 151 Å². The smallest absolute Gasteiger partial charge is 0.265 e. The molecule has 0 unspecified atom stereocenters. The Morgan fingerprint density at radius 1 is 1.16 bits per heavy atom. The first-order valence-corrected chi connectivity index (χ1v) is 9.10. The lowest BCUT2D eigenvalue weighted by molar-refractivity contribution is 0.102. The van der Waals surface area contributed by atoms with Crippen molar-refractivity contribution in [3.8, 4) is 11.5 Å². The van der Waals surface area contributed by atoms with Gasteiger partial charge in [-0.3, -0.25) is 15.0 Å². The lowest BCUT2D eigenvalue weighted by atomic mass is 10.1. The van der Waals surface area contributed by atoms with Gasteiger partial charge in [0.05, 0.1) is 20.8 Å². The summed E-state index contributed by atoms with van der Waals surface area (Å²) >= 11 is 1.40. The summed E-state index contributed by atoms with van der Waals surface area (Å²) in [5.41, 5.74) is 0.347. The molecule has 0 atom stereocenters. The maximum atomic E-state index is 12.6. The third-order valence-corrected chi connectivity index (χ3v) is 4.97. The second-order valence-electron chi connectivity index (χ2n) is 5.83. The van der Waals surface area contributed by atoms with Gasteiger partial charge in [0.25, 0.3) is 5.91 Å². The molecular weight excluding hydrogens is 340 g/mol. The van der Waals surface area contributed by atoms with E-state index in [1.54, 1.807) is 18.2 Å². The van der Waals surface area contributed by atoms with E-state index in [1.807, 2.05) is 0 Å². The lowest BCUT2D eigenvalue weighted by Gasteiger charge is -2.24. The molecule has 0 spiro atoms. The number of nitrogens with zero attached hydrogens (tertiary/aromatic N) is 3. The van der Waals surface area contributed by atoms with Crippen molar-refractivity contribution in [2.75, 3.05) is 32.6 Å². The van der Waals surface area contributed by atoms with E-state index in [9.17, 15) is 4.79 Å². The first kappa shape index (κ1) is 17.6. The Balaban J connectivity index is 1.69. The summed E-state index contributed by atoms with van der Waals surface area (Å²) in [7, 11) is 3.04. The SMILES string of the molecule is COc1cccc(OC)c1C(=O)Nc1nnc(CN2CCCCC2)s1. The van der Waals surface area contributed by atoms with Gasteiger partial charge in [-0.05, 0) is 38.1 Å². The number of ether oxygens (including phenoxy) is 2. The van der Waals surface area contributed by atoms with E-state index in [1.165, 1.54) is 44.8 Å². The van der Waals surface area contributed by atoms with Crippen molar-refractivity contribution in [1.82, 2.24) is 15.1 Å². The molecule has 0 aliphatic carbocycles. The number of aromatic nitrogens is 2. The molecule has 0 bridgehead atoms. The van der Waals surface area contributed by atoms with Gasteiger partial charge in [-0.2, -0.15) is 0 Å². The third kappa shape index (κ3) is 4.26. The Morgan fingerprint density at radius 3 is 2.48 bits per heavy atom. The van der Waals surface area contributed by atoms with Crippen LogP contribution in [-0.4, -0.2) is 48.3 Å². The minimum atomic E-state index is -0.324. The largest absolute Gasteiger partial charge is 0.496 e. The number of amides is 1. The van der Waals surface area contributed by atoms with E-state index in [2.05, 4.69) is 20.4 Å². The van der Waals surface area contributed by atoms with Gasteiger partial charge in [-0.1, -0.05) is 23.8 Å². The first-order valence-electron chi connectivity index (χ1n) is 8.28. The molecule has 2 heterocycles. The number of piperidine rings is 1. The molecule has 1 N–H and O–H groups in total. The quantitative estimate of drug-likeness (QED) is 0.851. The molecule has 0 saturated carbocycles. The predicted octanol–water partition coefficient (Wildman–Crippen LogP) is 2.79. The molecular formula is C17H22N4O3S. The number of carbonyl (C=O) groups excluding carboxylic acids is 1. The second kappa shape index (κ2) is 8.26. The molecule has 134 valence electrons. The highest BCUT2D eigenvalue weighted by atomic mass is 32.1. The summed E-state index contributed by atoms with van der Waals surface area (Å²) in [6.45, 7) is 2.98. The fraction of sp³-hybridized carbons (Fsp3) is 0.471. The second-order valence-corrected chi connectivity index (χ2v) is 6.89. The van der Waals surface area contributed by atoms with E-state index in [4.69, 9.17) is 9.47 Å². The number of hydrogen-bond acceptors (Lipinski definition) is 7. The van der Waals surface area contributed by atoms with Crippen LogP contribution in [0.25, 0.3) is 0 Å². The van der Waals surface area contributed by atoms with Crippen molar-refractivity contribution in [1.29, 1.82) is 0 Å². The Morgan fingerprint density at radius 2 is 1.84 bits per heavy atom. The van der Waals surface area contributed by atoms with Crippen molar-refractivity contribution in [2.24, 2.45) is 0 Å². The van der Waals surface area contributed by atoms with E-state index in [0.717, 1.165) is 24.6 Å². The van der Waals surface area contributed by atoms with Gasteiger partial charge in [0, 0.05) is 0 Å². The number of carbonyl (C=O) groups is 1. The molecule has 1 aromatic heterocycles. The van der Waals surface area contributed by atoms with Crippen LogP contribution in [0.2, 0.25) is 0 Å². The van der Waals surface area contributed by atoms with E-state index in [0.29, 0.717) is 22.2 Å². The first-order chi connectivity index (χ1) is 12.2. The van der Waals surface area contributed by atoms with Crippen LogP contribution in [-0.2, 0) is 6.54 Å². The minimum Gasteiger partial charge on any atom is -0.496 e. The van der Waals surface area contributed by atoms with Crippen LogP contribution in [0.5, 0.6) is 11.5 Å². The van der Waals surface area contributed by atoms with Crippen LogP contribution >= 0.6 is 11.3 Å². The van der Waals surface area contributed by atoms with Crippen LogP contribution in [0.15, 0.2) is 18.2 Å². The van der Waals surface area contributed by atoms with E-state index in [-0.39, 0.29) is 5.91 Å². The Bertz CT molecular complexity index is 706. The average Bonchev–Trinajstić information content (AvgIpc) is 3.08. The molecule has 1 aliphatic rings. The zero-order valence-electron chi connectivity index (χ0n) is 14.4. The summed E-state index contributed by atoms with van der Waals surface area (Å²) < 4.78 is 10.5. The Hall–Kier alpha value is -2.19. The van der Waals surface area contributed by atoms with Crippen molar-refractivity contribution in [3.05, 3.63) is 28.8 Å². The maximum Gasteiger partial charge on any atom is 0.265 e. The summed E-state index contributed by atoms with van der Waals surface area (Å²) in [5.74, 6) is 0.583. The van der Waals surface area contributed by atoms with Crippen molar-refractivity contribution in [2.45, 2.75) is 25.8 Å². The highest BCUT2D eigenvalue weighted by Crippen LogP contribution is 2.29. The van der Waals surface area contributed by atoms with Gasteiger partial charge in [-0.25, -0.2) is 0 Å². The molecule has 1 amide bonds. The van der Waals surface area contributed by atoms with Crippen molar-refractivity contribution in [3.63, 3.8) is 0 Å². The van der Waals surface area contributed by atoms with Crippen LogP contribution in [0.3, 0.4) is 0 Å². The molecule has 7 nitrogen and oxygen atoms in total. The molecule has 3 rings (SSSR count). The molecule has 0 radical (unpaired) electrons. The summed E-state index contributed by atoms with van der Waals surface area (Å²) in [5, 5.41) is 12.5. The van der Waals surface area contributed by atoms with Crippen molar-refractivity contribution >= 4 is 22.4 Å². The molecule has 1 saturated heterocycles. The standard InChI is InChI=1S/C17H22N4O3S/c1-23-12-7-6-8-13(24-2)15(12)16(22)18-17-20-19-14(25-17)11-21-9-4-3-5-10-21/h6-8H,3-5,9-11H2,1-2H3,(H,18,20,22). The molecule has 8 heteroatoms. The van der Waals surface area contributed by atoms with Gasteiger partial charge in [-0.15, -0.1) is 10.2 Å². The monoisotopic (exact) mass is 362 g/mol. The van der Waals surface area contributed by atoms with Gasteiger partial charge >= 0.3 is 0 Å². The van der Waals surface area contributed by atoms with Gasteiger partial charge in [0.2, 0.25) is 5.13 Å². The topological polar surface area (TPSA) is 76.6 Å². The number of nitrogens with one attached hydrogen (secondary N) is 1. The molecule has 2 aromatic rings. The Kier molecular flexibility index (Phi) is 5.83. The van der Waals surface area contributed by atoms with Crippen molar-refractivity contribution < 1.29 is 14.3 Å². The number of rotatable bonds is 6. The van der Waals surface area contributed by atoms with Crippen LogP contribution < -0.4 is 14.8 Å². The normalized spacial score (nSPS) is 15.0. The van der Waals surface area contributed by atoms with Gasteiger partial charge in [0.15, 0.2) is 0 Å². The number of methoxy groups -OCH3 is 2. The van der Waals surface area contributed by atoms with Crippen LogP contribution in [0.1, 0.15) is 34.6 Å². The zero-order chi connectivity index (χ0) is 17.6. The van der Waals surface area contributed by atoms with Gasteiger partial charge in [0.1, 0.15) is 22.1 Å². The summed E-state index contributed by atoms with van der Waals surface area (Å²) in [6.07, 6.45) is 3.76. The molecule has 25 heavy (non-hydrogen) atoms. The lowest BCUT2D eigenvalue weighted by Crippen LogP contribution is -2.28. The minimum absolute atomic E-state index is 0.324. The maximum absolute atomic E-state index is 12.6. The van der Waals surface area contributed by atoms with E-state index < -0.39 is 0 Å². The molecule has 1 fully saturated rings. The zero-order valence-corrected chi connectivity index (χ0v) is 15.3. The summed E-state index contributed by atoms with van der Waals surface area (Å²) in [6, 6.07) is 5.22. The third-order valence-electron chi connectivity index (χ3n) is 4.15. The summed E-state index contributed by atoms with van der Waals surface area (Å²) in [4.78, 5) is 15.0. The van der Waals surface area contributed by atoms with Gasteiger partial charge < -0.3 is 9.47 Å². The highest BCUT2D eigenvalue weighted by molar-refractivity contribution is 7.15. The predicted molar refractivity (Wildman–Crippen MR) is 96.5 cm³/mol. The van der Waals surface area contributed by atoms with E-state index >= 15 is 0 Å². The number of hydrogen-bond donors (Lipinski definition) is 1. The average molecular weight is 362 g/mol. The van der Waals surface area contributed by atoms with Crippen LogP contribution in [0, 0.1) is 0 Å². The number of anilines is 1. The number of likely N-dealkylation sites (tertiary alicyclic amines) is 1. The fourth-order valence-corrected chi connectivity index (χ4v) is 3.69. The van der Waals surface area contributed by atoms with Crippen LogP contribution in [0.4, 0.5) is 5.13 Å². The fourth-order valence-electron chi connectivity index (χ4n) is 2.91. The number of benzene rings is 1. The highest BCUT2D eigenvalue weighted by Gasteiger charge is 2.20. The molecule has 1 aliphatic heterocycles.